The molecule has 0 saturated carbocycles. The average molecular weight is 314 g/mol. The first-order valence-electron chi connectivity index (χ1n) is 6.26. The molecule has 1 aromatic heterocycles. The number of aryl methyl sites for hydroxylation is 1. The van der Waals surface area contributed by atoms with Gasteiger partial charge in [0.2, 0.25) is 0 Å². The highest BCUT2D eigenvalue weighted by Gasteiger charge is 2.39. The summed E-state index contributed by atoms with van der Waals surface area (Å²) in [5, 5.41) is 11.3. The van der Waals surface area contributed by atoms with E-state index in [4.69, 9.17) is 18.0 Å². The van der Waals surface area contributed by atoms with E-state index in [2.05, 4.69) is 15.5 Å². The molecule has 0 aromatic carbocycles. The van der Waals surface area contributed by atoms with Crippen molar-refractivity contribution in [2.24, 2.45) is 5.73 Å². The summed E-state index contributed by atoms with van der Waals surface area (Å²) in [6, 6.07) is 0. The lowest BCUT2D eigenvalue weighted by Crippen LogP contribution is -2.37. The Kier molecular flexibility index (Phi) is 3.72. The van der Waals surface area contributed by atoms with Crippen LogP contribution in [0.4, 0.5) is 5.82 Å². The fraction of sp³-hybridized carbons (Fsp3) is 0.583. The zero-order valence-corrected chi connectivity index (χ0v) is 13.4. The second kappa shape index (κ2) is 4.92. The van der Waals surface area contributed by atoms with E-state index in [-0.39, 0.29) is 16.5 Å². The fourth-order valence-corrected chi connectivity index (χ4v) is 4.74. The molecule has 0 amide bonds. The van der Waals surface area contributed by atoms with Crippen molar-refractivity contribution in [3.63, 3.8) is 0 Å². The molecular formula is C12H18N4O2S2. The van der Waals surface area contributed by atoms with Gasteiger partial charge in [-0.3, -0.25) is 0 Å². The predicted octanol–water partition coefficient (Wildman–Crippen LogP) is 0.717. The summed E-state index contributed by atoms with van der Waals surface area (Å²) in [5.41, 5.74) is 7.45. The topological polar surface area (TPSA) is 98.0 Å². The Morgan fingerprint density at radius 2 is 2.05 bits per heavy atom. The summed E-state index contributed by atoms with van der Waals surface area (Å²) in [7, 11) is -3.00. The first kappa shape index (κ1) is 15.1. The van der Waals surface area contributed by atoms with E-state index in [9.17, 15) is 8.42 Å². The van der Waals surface area contributed by atoms with Gasteiger partial charge in [-0.25, -0.2) is 8.42 Å². The summed E-state index contributed by atoms with van der Waals surface area (Å²) in [5.74, 6) is 0.711. The smallest absolute Gasteiger partial charge is 0.159 e. The largest absolute Gasteiger partial charge is 0.389 e. The molecule has 1 aliphatic heterocycles. The van der Waals surface area contributed by atoms with Crippen LogP contribution in [0.5, 0.6) is 0 Å². The molecule has 2 heterocycles. The number of rotatable bonds is 3. The van der Waals surface area contributed by atoms with Crippen LogP contribution < -0.4 is 11.1 Å². The molecule has 1 fully saturated rings. The molecular weight excluding hydrogens is 296 g/mol. The van der Waals surface area contributed by atoms with Crippen molar-refractivity contribution in [2.45, 2.75) is 32.7 Å². The van der Waals surface area contributed by atoms with Crippen molar-refractivity contribution in [3.05, 3.63) is 16.8 Å². The average Bonchev–Trinajstić information content (AvgIpc) is 2.58. The second-order valence-corrected chi connectivity index (χ2v) is 8.15. The zero-order chi connectivity index (χ0) is 15.1. The van der Waals surface area contributed by atoms with Gasteiger partial charge in [0.1, 0.15) is 4.99 Å². The minimum Gasteiger partial charge on any atom is -0.389 e. The number of hydrogen-bond donors (Lipinski definition) is 2. The van der Waals surface area contributed by atoms with Gasteiger partial charge in [-0.2, -0.15) is 5.10 Å². The number of nitrogens with zero attached hydrogens (tertiary/aromatic N) is 2. The third-order valence-corrected chi connectivity index (χ3v) is 5.73. The van der Waals surface area contributed by atoms with Gasteiger partial charge in [0, 0.05) is 0 Å². The zero-order valence-electron chi connectivity index (χ0n) is 11.7. The van der Waals surface area contributed by atoms with Crippen LogP contribution in [0.3, 0.4) is 0 Å². The van der Waals surface area contributed by atoms with Crippen molar-refractivity contribution >= 4 is 32.9 Å². The van der Waals surface area contributed by atoms with E-state index in [0.717, 1.165) is 11.3 Å². The first-order valence-corrected chi connectivity index (χ1v) is 8.49. The first-order chi connectivity index (χ1) is 9.14. The highest BCUT2D eigenvalue weighted by Crippen LogP contribution is 2.29. The molecule has 0 bridgehead atoms. The Balaban J connectivity index is 2.40. The lowest BCUT2D eigenvalue weighted by molar-refractivity contribution is 0.570. The molecule has 6 nitrogen and oxygen atoms in total. The summed E-state index contributed by atoms with van der Waals surface area (Å²) in [6.07, 6.45) is 0.528. The monoisotopic (exact) mass is 314 g/mol. The van der Waals surface area contributed by atoms with Gasteiger partial charge in [0.25, 0.3) is 0 Å². The fourth-order valence-electron chi connectivity index (χ4n) is 2.39. The van der Waals surface area contributed by atoms with Crippen LogP contribution in [0, 0.1) is 13.8 Å². The number of nitrogens with two attached hydrogens (primary N) is 1. The molecule has 1 aromatic rings. The Hall–Kier alpha value is -1.28. The standard InChI is InChI=1S/C12H18N4O2S2/c1-7-8(2)15-16-11(9(7)10(13)19)14-12(3)4-5-20(17,18)6-12/h4-6H2,1-3H3,(H2,13,19)(H,14,16). The molecule has 1 atom stereocenters. The molecule has 1 saturated heterocycles. The lowest BCUT2D eigenvalue weighted by Gasteiger charge is -2.26. The normalized spacial score (nSPS) is 24.6. The third-order valence-electron chi connectivity index (χ3n) is 3.62. The Bertz CT molecular complexity index is 672. The molecule has 0 spiro atoms. The van der Waals surface area contributed by atoms with Crippen molar-refractivity contribution in [2.75, 3.05) is 16.8 Å². The van der Waals surface area contributed by atoms with E-state index in [0.29, 0.717) is 17.8 Å². The van der Waals surface area contributed by atoms with Crippen molar-refractivity contribution < 1.29 is 8.42 Å². The van der Waals surface area contributed by atoms with Gasteiger partial charge in [-0.05, 0) is 32.8 Å². The van der Waals surface area contributed by atoms with E-state index in [1.807, 2.05) is 20.8 Å². The SMILES string of the molecule is Cc1nnc(NC2(C)CCS(=O)(=O)C2)c(C(N)=S)c1C. The molecule has 1 aliphatic rings. The molecule has 110 valence electrons. The number of anilines is 1. The minimum atomic E-state index is -3.00. The molecule has 0 aliphatic carbocycles. The van der Waals surface area contributed by atoms with Crippen LogP contribution >= 0.6 is 12.2 Å². The quantitative estimate of drug-likeness (QED) is 0.793. The minimum absolute atomic E-state index is 0.0748. The van der Waals surface area contributed by atoms with Gasteiger partial charge < -0.3 is 11.1 Å². The second-order valence-electron chi connectivity index (χ2n) is 5.53. The van der Waals surface area contributed by atoms with Crippen molar-refractivity contribution in [1.29, 1.82) is 0 Å². The number of sulfone groups is 1. The molecule has 8 heteroatoms. The lowest BCUT2D eigenvalue weighted by atomic mass is 10.0. The number of aromatic nitrogens is 2. The van der Waals surface area contributed by atoms with E-state index >= 15 is 0 Å². The predicted molar refractivity (Wildman–Crippen MR) is 82.7 cm³/mol. The third kappa shape index (κ3) is 2.90. The highest BCUT2D eigenvalue weighted by atomic mass is 32.2. The van der Waals surface area contributed by atoms with E-state index in [1.54, 1.807) is 0 Å². The molecule has 3 N–H and O–H groups in total. The van der Waals surface area contributed by atoms with Gasteiger partial charge in [0.05, 0.1) is 28.3 Å². The highest BCUT2D eigenvalue weighted by molar-refractivity contribution is 7.91. The maximum Gasteiger partial charge on any atom is 0.159 e. The summed E-state index contributed by atoms with van der Waals surface area (Å²) in [4.78, 5) is 0.229. The van der Waals surface area contributed by atoms with Gasteiger partial charge in [-0.1, -0.05) is 12.2 Å². The Morgan fingerprint density at radius 3 is 2.55 bits per heavy atom. The van der Waals surface area contributed by atoms with Gasteiger partial charge in [0.15, 0.2) is 15.7 Å². The Morgan fingerprint density at radius 1 is 1.40 bits per heavy atom. The van der Waals surface area contributed by atoms with Crippen LogP contribution in [0.15, 0.2) is 0 Å². The number of thiocarbonyl (C=S) groups is 1. The van der Waals surface area contributed by atoms with Gasteiger partial charge in [-0.15, -0.1) is 5.10 Å². The maximum atomic E-state index is 11.6. The molecule has 2 rings (SSSR count). The number of nitrogens with one attached hydrogen (secondary N) is 1. The number of hydrogen-bond acceptors (Lipinski definition) is 6. The van der Waals surface area contributed by atoms with Crippen LogP contribution in [-0.2, 0) is 9.84 Å². The summed E-state index contributed by atoms with van der Waals surface area (Å²) >= 11 is 5.07. The molecule has 0 radical (unpaired) electrons. The summed E-state index contributed by atoms with van der Waals surface area (Å²) < 4.78 is 23.3. The van der Waals surface area contributed by atoms with Crippen molar-refractivity contribution in [3.8, 4) is 0 Å². The van der Waals surface area contributed by atoms with Crippen molar-refractivity contribution in [1.82, 2.24) is 10.2 Å². The van der Waals surface area contributed by atoms with E-state index in [1.165, 1.54) is 0 Å². The maximum absolute atomic E-state index is 11.6. The van der Waals surface area contributed by atoms with Crippen LogP contribution in [-0.4, -0.2) is 40.6 Å². The van der Waals surface area contributed by atoms with Crippen LogP contribution in [0.1, 0.15) is 30.2 Å². The molecule has 20 heavy (non-hydrogen) atoms. The summed E-state index contributed by atoms with van der Waals surface area (Å²) in [6.45, 7) is 5.56. The Labute approximate surface area is 124 Å². The van der Waals surface area contributed by atoms with Crippen LogP contribution in [0.2, 0.25) is 0 Å². The molecule has 1 unspecified atom stereocenters. The van der Waals surface area contributed by atoms with Gasteiger partial charge >= 0.3 is 0 Å². The van der Waals surface area contributed by atoms with Crippen LogP contribution in [0.25, 0.3) is 0 Å². The van der Waals surface area contributed by atoms with E-state index < -0.39 is 15.4 Å².